The van der Waals surface area contributed by atoms with E-state index in [0.717, 1.165) is 12.5 Å². The zero-order valence-corrected chi connectivity index (χ0v) is 12.7. The van der Waals surface area contributed by atoms with Gasteiger partial charge in [0.1, 0.15) is 0 Å². The molecule has 0 radical (unpaired) electrons. The topological polar surface area (TPSA) is 21.3 Å². The third kappa shape index (κ3) is 3.71. The fourth-order valence-electron chi connectivity index (χ4n) is 3.73. The SMILES string of the molecule is CC1CCC(CNC2CCCCC2C(C)(C)C)O1. The summed E-state index contributed by atoms with van der Waals surface area (Å²) in [5, 5.41) is 3.82. The predicted molar refractivity (Wildman–Crippen MR) is 76.8 cm³/mol. The molecule has 1 saturated carbocycles. The molecule has 106 valence electrons. The smallest absolute Gasteiger partial charge is 0.0704 e. The molecule has 2 fully saturated rings. The van der Waals surface area contributed by atoms with E-state index in [1.165, 1.54) is 38.5 Å². The highest BCUT2D eigenvalue weighted by Crippen LogP contribution is 2.38. The second kappa shape index (κ2) is 5.92. The van der Waals surface area contributed by atoms with Crippen molar-refractivity contribution in [1.29, 1.82) is 0 Å². The maximum atomic E-state index is 5.91. The van der Waals surface area contributed by atoms with Crippen LogP contribution in [0.2, 0.25) is 0 Å². The van der Waals surface area contributed by atoms with E-state index in [4.69, 9.17) is 4.74 Å². The Bertz CT molecular complexity index is 258. The molecule has 1 saturated heterocycles. The van der Waals surface area contributed by atoms with Crippen LogP contribution in [-0.4, -0.2) is 24.8 Å². The standard InChI is InChI=1S/C16H31NO/c1-12-9-10-13(18-12)11-17-15-8-6-5-7-14(15)16(2,3)4/h12-15,17H,5-11H2,1-4H3. The molecule has 0 amide bonds. The van der Waals surface area contributed by atoms with Crippen LogP contribution in [0.25, 0.3) is 0 Å². The quantitative estimate of drug-likeness (QED) is 0.827. The number of hydrogen-bond donors (Lipinski definition) is 1. The molecule has 2 aliphatic rings. The molecular formula is C16H31NO. The highest BCUT2D eigenvalue weighted by atomic mass is 16.5. The van der Waals surface area contributed by atoms with Crippen molar-refractivity contribution in [2.75, 3.05) is 6.54 Å². The maximum Gasteiger partial charge on any atom is 0.0704 e. The summed E-state index contributed by atoms with van der Waals surface area (Å²) in [6.07, 6.45) is 8.96. The van der Waals surface area contributed by atoms with Gasteiger partial charge in [-0.25, -0.2) is 0 Å². The van der Waals surface area contributed by atoms with Gasteiger partial charge in [0.2, 0.25) is 0 Å². The summed E-state index contributed by atoms with van der Waals surface area (Å²) in [5.74, 6) is 0.824. The Labute approximate surface area is 113 Å². The molecular weight excluding hydrogens is 222 g/mol. The van der Waals surface area contributed by atoms with Crippen LogP contribution in [-0.2, 0) is 4.74 Å². The van der Waals surface area contributed by atoms with E-state index in [-0.39, 0.29) is 0 Å². The molecule has 0 bridgehead atoms. The average Bonchev–Trinajstić information content (AvgIpc) is 2.72. The summed E-state index contributed by atoms with van der Waals surface area (Å²) in [5.41, 5.74) is 0.432. The Morgan fingerprint density at radius 3 is 2.39 bits per heavy atom. The van der Waals surface area contributed by atoms with Crippen LogP contribution in [0, 0.1) is 11.3 Å². The summed E-state index contributed by atoms with van der Waals surface area (Å²) in [7, 11) is 0. The molecule has 2 nitrogen and oxygen atoms in total. The monoisotopic (exact) mass is 253 g/mol. The van der Waals surface area contributed by atoms with Gasteiger partial charge in [-0.05, 0) is 43.9 Å². The Kier molecular flexibility index (Phi) is 4.71. The van der Waals surface area contributed by atoms with E-state index in [1.807, 2.05) is 0 Å². The van der Waals surface area contributed by atoms with Crippen molar-refractivity contribution in [3.05, 3.63) is 0 Å². The number of ether oxygens (including phenoxy) is 1. The third-order valence-corrected chi connectivity index (χ3v) is 4.81. The van der Waals surface area contributed by atoms with E-state index in [9.17, 15) is 0 Å². The second-order valence-electron chi connectivity index (χ2n) is 7.42. The van der Waals surface area contributed by atoms with Crippen LogP contribution in [0.15, 0.2) is 0 Å². The molecule has 1 N–H and O–H groups in total. The van der Waals surface area contributed by atoms with Crippen LogP contribution >= 0.6 is 0 Å². The van der Waals surface area contributed by atoms with Crippen LogP contribution in [0.5, 0.6) is 0 Å². The first-order valence-electron chi connectivity index (χ1n) is 7.85. The molecule has 18 heavy (non-hydrogen) atoms. The van der Waals surface area contributed by atoms with E-state index >= 15 is 0 Å². The fraction of sp³-hybridized carbons (Fsp3) is 1.00. The minimum Gasteiger partial charge on any atom is -0.374 e. The van der Waals surface area contributed by atoms with Crippen molar-refractivity contribution in [2.24, 2.45) is 11.3 Å². The van der Waals surface area contributed by atoms with Gasteiger partial charge in [-0.1, -0.05) is 33.6 Å². The highest BCUT2D eigenvalue weighted by molar-refractivity contribution is 4.89. The number of rotatable bonds is 3. The van der Waals surface area contributed by atoms with Gasteiger partial charge in [0.15, 0.2) is 0 Å². The summed E-state index contributed by atoms with van der Waals surface area (Å²) >= 11 is 0. The maximum absolute atomic E-state index is 5.91. The Hall–Kier alpha value is -0.0800. The highest BCUT2D eigenvalue weighted by Gasteiger charge is 2.34. The largest absolute Gasteiger partial charge is 0.374 e. The van der Waals surface area contributed by atoms with Crippen molar-refractivity contribution in [1.82, 2.24) is 5.32 Å². The molecule has 2 heteroatoms. The molecule has 4 unspecified atom stereocenters. The first-order chi connectivity index (χ1) is 8.47. The molecule has 0 aromatic rings. The summed E-state index contributed by atoms with van der Waals surface area (Å²) < 4.78 is 5.91. The minimum atomic E-state index is 0.432. The van der Waals surface area contributed by atoms with E-state index < -0.39 is 0 Å². The average molecular weight is 253 g/mol. The van der Waals surface area contributed by atoms with Crippen LogP contribution in [0.1, 0.15) is 66.2 Å². The van der Waals surface area contributed by atoms with E-state index in [0.29, 0.717) is 23.7 Å². The number of nitrogens with one attached hydrogen (secondary N) is 1. The minimum absolute atomic E-state index is 0.432. The Morgan fingerprint density at radius 2 is 1.78 bits per heavy atom. The molecule has 0 aromatic carbocycles. The zero-order chi connectivity index (χ0) is 13.2. The Morgan fingerprint density at radius 1 is 1.06 bits per heavy atom. The van der Waals surface area contributed by atoms with Gasteiger partial charge in [-0.15, -0.1) is 0 Å². The summed E-state index contributed by atoms with van der Waals surface area (Å²) in [6.45, 7) is 10.4. The van der Waals surface area contributed by atoms with Gasteiger partial charge < -0.3 is 10.1 Å². The second-order valence-corrected chi connectivity index (χ2v) is 7.42. The Balaban J connectivity index is 1.82. The molecule has 2 rings (SSSR count). The van der Waals surface area contributed by atoms with Crippen molar-refractivity contribution >= 4 is 0 Å². The van der Waals surface area contributed by atoms with Gasteiger partial charge in [0.05, 0.1) is 12.2 Å². The zero-order valence-electron chi connectivity index (χ0n) is 12.7. The fourth-order valence-corrected chi connectivity index (χ4v) is 3.73. The van der Waals surface area contributed by atoms with Gasteiger partial charge in [-0.2, -0.15) is 0 Å². The van der Waals surface area contributed by atoms with Gasteiger partial charge in [-0.3, -0.25) is 0 Å². The summed E-state index contributed by atoms with van der Waals surface area (Å²) in [6, 6.07) is 0.707. The van der Waals surface area contributed by atoms with Crippen molar-refractivity contribution in [3.8, 4) is 0 Å². The third-order valence-electron chi connectivity index (χ3n) is 4.81. The van der Waals surface area contributed by atoms with Crippen molar-refractivity contribution in [2.45, 2.75) is 84.5 Å². The number of hydrogen-bond acceptors (Lipinski definition) is 2. The normalized spacial score (nSPS) is 38.0. The predicted octanol–water partition coefficient (Wildman–Crippen LogP) is 3.75. The van der Waals surface area contributed by atoms with Crippen LogP contribution in [0.4, 0.5) is 0 Å². The molecule has 4 atom stereocenters. The van der Waals surface area contributed by atoms with Crippen molar-refractivity contribution < 1.29 is 4.74 Å². The van der Waals surface area contributed by atoms with E-state index in [2.05, 4.69) is 33.0 Å². The lowest BCUT2D eigenvalue weighted by molar-refractivity contribution is 0.0464. The molecule has 1 heterocycles. The van der Waals surface area contributed by atoms with Crippen molar-refractivity contribution in [3.63, 3.8) is 0 Å². The molecule has 1 aliphatic heterocycles. The van der Waals surface area contributed by atoms with E-state index in [1.54, 1.807) is 0 Å². The molecule has 0 aromatic heterocycles. The lowest BCUT2D eigenvalue weighted by Gasteiger charge is -2.41. The van der Waals surface area contributed by atoms with Crippen LogP contribution < -0.4 is 5.32 Å². The lowest BCUT2D eigenvalue weighted by Crippen LogP contribution is -2.46. The van der Waals surface area contributed by atoms with Gasteiger partial charge in [0, 0.05) is 12.6 Å². The van der Waals surface area contributed by atoms with Gasteiger partial charge >= 0.3 is 0 Å². The van der Waals surface area contributed by atoms with Crippen LogP contribution in [0.3, 0.4) is 0 Å². The first kappa shape index (κ1) is 14.3. The van der Waals surface area contributed by atoms with Gasteiger partial charge in [0.25, 0.3) is 0 Å². The molecule has 1 aliphatic carbocycles. The summed E-state index contributed by atoms with van der Waals surface area (Å²) in [4.78, 5) is 0. The molecule has 0 spiro atoms. The lowest BCUT2D eigenvalue weighted by atomic mass is 9.69. The first-order valence-corrected chi connectivity index (χ1v) is 7.85.